The minimum Gasteiger partial charge on any atom is -0.617 e. The number of aromatic hydroxyl groups is 2. The number of aliphatic hydroxyl groups is 1. The average molecular weight is 377 g/mol. The first-order chi connectivity index (χ1) is 11.6. The summed E-state index contributed by atoms with van der Waals surface area (Å²) in [6.45, 7) is 1.12. The van der Waals surface area contributed by atoms with Gasteiger partial charge in [-0.15, -0.1) is 0 Å². The van der Waals surface area contributed by atoms with E-state index in [2.05, 4.69) is 5.32 Å². The van der Waals surface area contributed by atoms with Gasteiger partial charge in [-0.2, -0.15) is 0 Å². The van der Waals surface area contributed by atoms with Crippen LogP contribution in [-0.4, -0.2) is 67.1 Å². The van der Waals surface area contributed by atoms with Crippen LogP contribution in [0.4, 0.5) is 0 Å². The number of phenolic OH excluding ortho intramolecular Hbond substituents is 2. The van der Waals surface area contributed by atoms with E-state index in [9.17, 15) is 19.9 Å². The first kappa shape index (κ1) is 23.0. The number of carboxylic acids is 2. The number of hydrogen-bond donors (Lipinski definition) is 6. The van der Waals surface area contributed by atoms with Crippen molar-refractivity contribution < 1.29 is 39.7 Å². The monoisotopic (exact) mass is 377 g/mol. The Balaban J connectivity index is 0.000000823. The minimum atomic E-state index is -1.82. The van der Waals surface area contributed by atoms with Crippen molar-refractivity contribution in [3.63, 3.8) is 0 Å². The van der Waals surface area contributed by atoms with Gasteiger partial charge in [-0.05, 0) is 37.1 Å². The van der Waals surface area contributed by atoms with E-state index in [0.29, 0.717) is 17.9 Å². The normalized spacial score (nSPS) is 12.6. The van der Waals surface area contributed by atoms with Crippen molar-refractivity contribution in [2.75, 3.05) is 25.1 Å². The van der Waals surface area contributed by atoms with Crippen LogP contribution in [0.1, 0.15) is 24.5 Å². The Kier molecular flexibility index (Phi) is 11.4. The second-order valence-corrected chi connectivity index (χ2v) is 6.62. The van der Waals surface area contributed by atoms with Crippen LogP contribution in [0.3, 0.4) is 0 Å². The minimum absolute atomic E-state index is 0.198. The molecule has 0 saturated heterocycles. The lowest BCUT2D eigenvalue weighted by molar-refractivity contribution is -0.159. The molecule has 9 nitrogen and oxygen atoms in total. The number of rotatable bonds is 8. The molecular formula is C15H23NO8S. The summed E-state index contributed by atoms with van der Waals surface area (Å²) in [5.74, 6) is -3.38. The maximum absolute atomic E-state index is 10.8. The summed E-state index contributed by atoms with van der Waals surface area (Å²) in [5, 5.41) is 46.3. The van der Waals surface area contributed by atoms with Gasteiger partial charge in [-0.1, -0.05) is 17.2 Å². The second-order valence-electron chi connectivity index (χ2n) is 5.06. The lowest BCUT2D eigenvalue weighted by Crippen LogP contribution is -2.23. The average Bonchev–Trinajstić information content (AvgIpc) is 2.53. The molecule has 0 radical (unpaired) electrons. The molecule has 142 valence electrons. The van der Waals surface area contributed by atoms with Crippen LogP contribution in [0.25, 0.3) is 0 Å². The van der Waals surface area contributed by atoms with Crippen molar-refractivity contribution in [2.45, 2.75) is 18.9 Å². The molecule has 2 atom stereocenters. The van der Waals surface area contributed by atoms with Crippen LogP contribution in [0.5, 0.6) is 11.5 Å². The van der Waals surface area contributed by atoms with Gasteiger partial charge in [0.25, 0.3) is 0 Å². The number of hydrogen-bond acceptors (Lipinski definition) is 7. The fourth-order valence-electron chi connectivity index (χ4n) is 1.66. The summed E-state index contributed by atoms with van der Waals surface area (Å²) >= 11 is -0.743. The number of carboxylic acid groups (broad SMARTS) is 2. The number of aliphatic hydroxyl groups excluding tert-OH is 1. The zero-order chi connectivity index (χ0) is 19.4. The molecule has 0 spiro atoms. The largest absolute Gasteiger partial charge is 0.617 e. The molecule has 0 aromatic heterocycles. The highest BCUT2D eigenvalue weighted by atomic mass is 32.2. The summed E-state index contributed by atoms with van der Waals surface area (Å²) in [5.41, 5.74) is 0.553. The molecule has 10 heteroatoms. The topological polar surface area (TPSA) is 170 Å². The fraction of sp³-hybridized carbons (Fsp3) is 0.467. The van der Waals surface area contributed by atoms with Gasteiger partial charge in [-0.25, -0.2) is 9.59 Å². The van der Waals surface area contributed by atoms with E-state index in [1.54, 1.807) is 12.3 Å². The Bertz CT molecular complexity index is 540. The molecule has 1 aromatic carbocycles. The SMILES string of the molecule is C[S+]([O-])CCCCNC[C@H](O)c1ccc(O)c(O)c1.O=C(O)C(=O)O. The van der Waals surface area contributed by atoms with E-state index in [4.69, 9.17) is 19.8 Å². The third-order valence-electron chi connectivity index (χ3n) is 2.94. The summed E-state index contributed by atoms with van der Waals surface area (Å²) in [4.78, 5) is 18.2. The first-order valence-electron chi connectivity index (χ1n) is 7.32. The molecule has 0 heterocycles. The predicted octanol–water partition coefficient (Wildman–Crippen LogP) is 0.0351. The standard InChI is InChI=1S/C13H21NO4S.C2H2O4/c1-19(18)7-3-2-6-14-9-13(17)10-4-5-11(15)12(16)8-10;3-1(4)2(5)6/h4-5,8,13-17H,2-3,6-7,9H2,1H3;(H,3,4)(H,5,6)/t13-,19?;/m0./s1. The molecule has 25 heavy (non-hydrogen) atoms. The maximum atomic E-state index is 10.8. The lowest BCUT2D eigenvalue weighted by atomic mass is 10.1. The van der Waals surface area contributed by atoms with E-state index in [0.717, 1.165) is 19.4 Å². The molecule has 0 aliphatic heterocycles. The summed E-state index contributed by atoms with van der Waals surface area (Å²) in [6.07, 6.45) is 2.76. The zero-order valence-electron chi connectivity index (χ0n) is 13.7. The van der Waals surface area contributed by atoms with Gasteiger partial charge in [0.05, 0.1) is 12.4 Å². The summed E-state index contributed by atoms with van der Waals surface area (Å²) in [6, 6.07) is 4.27. The number of carbonyl (C=O) groups is 2. The van der Waals surface area contributed by atoms with Crippen LogP contribution in [-0.2, 0) is 20.8 Å². The van der Waals surface area contributed by atoms with Gasteiger partial charge in [0, 0.05) is 6.54 Å². The molecule has 0 fully saturated rings. The van der Waals surface area contributed by atoms with Crippen molar-refractivity contribution in [1.82, 2.24) is 5.32 Å². The summed E-state index contributed by atoms with van der Waals surface area (Å²) < 4.78 is 10.8. The van der Waals surface area contributed by atoms with Crippen molar-refractivity contribution in [1.29, 1.82) is 0 Å². The smallest absolute Gasteiger partial charge is 0.414 e. The van der Waals surface area contributed by atoms with E-state index < -0.39 is 29.2 Å². The molecule has 1 unspecified atom stereocenters. The molecule has 0 saturated carbocycles. The van der Waals surface area contributed by atoms with Crippen LogP contribution in [0.15, 0.2) is 18.2 Å². The van der Waals surface area contributed by atoms with Crippen LogP contribution in [0, 0.1) is 0 Å². The molecule has 0 aliphatic carbocycles. The second kappa shape index (κ2) is 12.4. The molecule has 6 N–H and O–H groups in total. The third kappa shape index (κ3) is 11.2. The number of aliphatic carboxylic acids is 2. The molecule has 0 bridgehead atoms. The van der Waals surface area contributed by atoms with Crippen molar-refractivity contribution >= 4 is 23.1 Å². The van der Waals surface area contributed by atoms with Crippen molar-refractivity contribution in [3.05, 3.63) is 23.8 Å². The number of benzene rings is 1. The first-order valence-corrected chi connectivity index (χ1v) is 9.04. The van der Waals surface area contributed by atoms with E-state index >= 15 is 0 Å². The van der Waals surface area contributed by atoms with E-state index in [-0.39, 0.29) is 11.5 Å². The van der Waals surface area contributed by atoms with Gasteiger partial charge in [0.1, 0.15) is 5.75 Å². The van der Waals surface area contributed by atoms with Gasteiger partial charge in [-0.3, -0.25) is 0 Å². The number of unbranched alkanes of at least 4 members (excludes halogenated alkanes) is 1. The van der Waals surface area contributed by atoms with Crippen LogP contribution in [0.2, 0.25) is 0 Å². The molecular weight excluding hydrogens is 354 g/mol. The van der Waals surface area contributed by atoms with E-state index in [1.807, 2.05) is 0 Å². The highest BCUT2D eigenvalue weighted by Crippen LogP contribution is 2.27. The Morgan fingerprint density at radius 2 is 1.76 bits per heavy atom. The molecule has 1 aromatic rings. The van der Waals surface area contributed by atoms with Gasteiger partial charge in [0.15, 0.2) is 11.5 Å². The number of nitrogens with one attached hydrogen (secondary N) is 1. The highest BCUT2D eigenvalue weighted by Gasteiger charge is 2.09. The predicted molar refractivity (Wildman–Crippen MR) is 91.0 cm³/mol. The Morgan fingerprint density at radius 1 is 1.16 bits per heavy atom. The van der Waals surface area contributed by atoms with Crippen LogP contribution >= 0.6 is 0 Å². The van der Waals surface area contributed by atoms with Gasteiger partial charge >= 0.3 is 11.9 Å². The lowest BCUT2D eigenvalue weighted by Gasteiger charge is -2.13. The van der Waals surface area contributed by atoms with Gasteiger partial charge in [0.2, 0.25) is 0 Å². The Labute approximate surface area is 148 Å². The molecule has 0 amide bonds. The summed E-state index contributed by atoms with van der Waals surface area (Å²) in [7, 11) is 0. The number of phenols is 2. The quantitative estimate of drug-likeness (QED) is 0.158. The van der Waals surface area contributed by atoms with Crippen molar-refractivity contribution in [3.8, 4) is 11.5 Å². The van der Waals surface area contributed by atoms with E-state index in [1.165, 1.54) is 12.1 Å². The van der Waals surface area contributed by atoms with Gasteiger partial charge < -0.3 is 35.4 Å². The zero-order valence-corrected chi connectivity index (χ0v) is 14.5. The maximum Gasteiger partial charge on any atom is 0.414 e. The molecule has 1 rings (SSSR count). The molecule has 0 aliphatic rings. The fourth-order valence-corrected chi connectivity index (χ4v) is 2.27. The third-order valence-corrected chi connectivity index (χ3v) is 3.80. The van der Waals surface area contributed by atoms with Crippen LogP contribution < -0.4 is 5.32 Å². The Morgan fingerprint density at radius 3 is 2.24 bits per heavy atom. The Hall–Kier alpha value is -2.01. The van der Waals surface area contributed by atoms with Crippen molar-refractivity contribution in [2.24, 2.45) is 0 Å². The highest BCUT2D eigenvalue weighted by molar-refractivity contribution is 7.90.